The van der Waals surface area contributed by atoms with Gasteiger partial charge in [-0.05, 0) is 20.8 Å². The molecule has 6 heteroatoms. The number of carbonyl (C=O) groups is 1. The van der Waals surface area contributed by atoms with Crippen molar-refractivity contribution in [1.82, 2.24) is 15.2 Å². The lowest BCUT2D eigenvalue weighted by Gasteiger charge is -2.36. The first-order valence-corrected chi connectivity index (χ1v) is 7.12. The number of hydrogen-bond acceptors (Lipinski definition) is 5. The van der Waals surface area contributed by atoms with Gasteiger partial charge in [-0.25, -0.2) is 4.98 Å². The minimum absolute atomic E-state index is 0.0188. The molecule has 0 saturated carbocycles. The SMILES string of the molecule is Cc1csc(NC(=O)CN2CC(C)NCC2C)n1. The van der Waals surface area contributed by atoms with Gasteiger partial charge in [-0.1, -0.05) is 0 Å². The van der Waals surface area contributed by atoms with Gasteiger partial charge in [0.1, 0.15) is 0 Å². The number of anilines is 1. The third kappa shape index (κ3) is 3.51. The molecule has 0 bridgehead atoms. The summed E-state index contributed by atoms with van der Waals surface area (Å²) < 4.78 is 0. The Kier molecular flexibility index (Phi) is 4.31. The van der Waals surface area contributed by atoms with Crippen LogP contribution in [0.5, 0.6) is 0 Å². The highest BCUT2D eigenvalue weighted by Gasteiger charge is 2.24. The van der Waals surface area contributed by atoms with Crippen LogP contribution in [0.3, 0.4) is 0 Å². The maximum absolute atomic E-state index is 11.9. The topological polar surface area (TPSA) is 57.3 Å². The summed E-state index contributed by atoms with van der Waals surface area (Å²) >= 11 is 1.47. The molecule has 1 aliphatic rings. The van der Waals surface area contributed by atoms with E-state index in [2.05, 4.69) is 34.4 Å². The summed E-state index contributed by atoms with van der Waals surface area (Å²) in [6.07, 6.45) is 0. The zero-order valence-electron chi connectivity index (χ0n) is 11.1. The van der Waals surface area contributed by atoms with Crippen LogP contribution in [-0.2, 0) is 4.79 Å². The maximum Gasteiger partial charge on any atom is 0.240 e. The molecule has 2 atom stereocenters. The van der Waals surface area contributed by atoms with E-state index in [1.807, 2.05) is 12.3 Å². The Hall–Kier alpha value is -0.980. The fourth-order valence-corrected chi connectivity index (χ4v) is 2.78. The highest BCUT2D eigenvalue weighted by Crippen LogP contribution is 2.14. The van der Waals surface area contributed by atoms with E-state index >= 15 is 0 Å². The van der Waals surface area contributed by atoms with Gasteiger partial charge < -0.3 is 10.6 Å². The van der Waals surface area contributed by atoms with Crippen molar-refractivity contribution in [2.24, 2.45) is 0 Å². The second-order valence-corrected chi connectivity index (χ2v) is 5.79. The minimum Gasteiger partial charge on any atom is -0.311 e. The summed E-state index contributed by atoms with van der Waals surface area (Å²) in [5, 5.41) is 8.88. The van der Waals surface area contributed by atoms with E-state index in [0.29, 0.717) is 23.8 Å². The van der Waals surface area contributed by atoms with Crippen LogP contribution < -0.4 is 10.6 Å². The summed E-state index contributed by atoms with van der Waals surface area (Å²) in [6, 6.07) is 0.834. The number of nitrogens with zero attached hydrogens (tertiary/aromatic N) is 2. The first kappa shape index (κ1) is 13.5. The van der Waals surface area contributed by atoms with Gasteiger partial charge in [-0.3, -0.25) is 9.69 Å². The van der Waals surface area contributed by atoms with E-state index in [4.69, 9.17) is 0 Å². The molecular weight excluding hydrogens is 248 g/mol. The average molecular weight is 268 g/mol. The largest absolute Gasteiger partial charge is 0.311 e. The number of nitrogens with one attached hydrogen (secondary N) is 2. The van der Waals surface area contributed by atoms with Gasteiger partial charge in [-0.15, -0.1) is 11.3 Å². The van der Waals surface area contributed by atoms with Crippen molar-refractivity contribution in [1.29, 1.82) is 0 Å². The molecule has 1 fully saturated rings. The van der Waals surface area contributed by atoms with Crippen molar-refractivity contribution in [3.63, 3.8) is 0 Å². The lowest BCUT2D eigenvalue weighted by molar-refractivity contribution is -0.118. The molecule has 1 aliphatic heterocycles. The molecule has 1 saturated heterocycles. The predicted molar refractivity (Wildman–Crippen MR) is 74.0 cm³/mol. The van der Waals surface area contributed by atoms with Crippen molar-refractivity contribution in [3.05, 3.63) is 11.1 Å². The third-order valence-corrected chi connectivity index (χ3v) is 3.98. The van der Waals surface area contributed by atoms with E-state index in [1.165, 1.54) is 11.3 Å². The number of rotatable bonds is 3. The Morgan fingerprint density at radius 3 is 3.11 bits per heavy atom. The molecule has 2 rings (SSSR count). The second-order valence-electron chi connectivity index (χ2n) is 4.93. The molecular formula is C12H20N4OS. The van der Waals surface area contributed by atoms with Gasteiger partial charge >= 0.3 is 0 Å². The lowest BCUT2D eigenvalue weighted by Crippen LogP contribution is -2.55. The summed E-state index contributed by atoms with van der Waals surface area (Å²) in [5.41, 5.74) is 0.944. The van der Waals surface area contributed by atoms with Crippen LogP contribution in [0.15, 0.2) is 5.38 Å². The van der Waals surface area contributed by atoms with Crippen molar-refractivity contribution in [2.45, 2.75) is 32.9 Å². The molecule has 5 nitrogen and oxygen atoms in total. The Balaban J connectivity index is 1.86. The number of hydrogen-bond donors (Lipinski definition) is 2. The number of thiazole rings is 1. The van der Waals surface area contributed by atoms with E-state index in [0.717, 1.165) is 18.8 Å². The van der Waals surface area contributed by atoms with Crippen LogP contribution in [-0.4, -0.2) is 47.5 Å². The number of amides is 1. The minimum atomic E-state index is 0.0188. The van der Waals surface area contributed by atoms with Gasteiger partial charge in [-0.2, -0.15) is 0 Å². The average Bonchev–Trinajstić information content (AvgIpc) is 2.69. The molecule has 1 aromatic rings. The molecule has 2 unspecified atom stereocenters. The smallest absolute Gasteiger partial charge is 0.240 e. The molecule has 0 radical (unpaired) electrons. The van der Waals surface area contributed by atoms with Gasteiger partial charge in [0.15, 0.2) is 5.13 Å². The van der Waals surface area contributed by atoms with Crippen LogP contribution >= 0.6 is 11.3 Å². The highest BCUT2D eigenvalue weighted by molar-refractivity contribution is 7.13. The van der Waals surface area contributed by atoms with Gasteiger partial charge in [0.05, 0.1) is 12.2 Å². The van der Waals surface area contributed by atoms with Crippen molar-refractivity contribution in [3.8, 4) is 0 Å². The normalized spacial score (nSPS) is 25.1. The summed E-state index contributed by atoms with van der Waals surface area (Å²) in [5.74, 6) is 0.0188. The van der Waals surface area contributed by atoms with Crippen LogP contribution in [0.25, 0.3) is 0 Å². The van der Waals surface area contributed by atoms with Crippen molar-refractivity contribution in [2.75, 3.05) is 25.0 Å². The fourth-order valence-electron chi connectivity index (χ4n) is 2.07. The van der Waals surface area contributed by atoms with Crippen LogP contribution in [0.4, 0.5) is 5.13 Å². The van der Waals surface area contributed by atoms with Gasteiger partial charge in [0.25, 0.3) is 0 Å². The van der Waals surface area contributed by atoms with Crippen LogP contribution in [0.2, 0.25) is 0 Å². The molecule has 2 heterocycles. The van der Waals surface area contributed by atoms with Crippen molar-refractivity contribution < 1.29 is 4.79 Å². The Morgan fingerprint density at radius 1 is 1.67 bits per heavy atom. The van der Waals surface area contributed by atoms with E-state index in [9.17, 15) is 4.79 Å². The quantitative estimate of drug-likeness (QED) is 0.861. The maximum atomic E-state index is 11.9. The monoisotopic (exact) mass is 268 g/mol. The van der Waals surface area contributed by atoms with Crippen LogP contribution in [0, 0.1) is 6.92 Å². The van der Waals surface area contributed by atoms with E-state index in [-0.39, 0.29) is 5.91 Å². The first-order valence-electron chi connectivity index (χ1n) is 6.24. The van der Waals surface area contributed by atoms with Gasteiger partial charge in [0.2, 0.25) is 5.91 Å². The Bertz CT molecular complexity index is 420. The summed E-state index contributed by atoms with van der Waals surface area (Å²) in [7, 11) is 0. The molecule has 100 valence electrons. The fraction of sp³-hybridized carbons (Fsp3) is 0.667. The molecule has 0 spiro atoms. The lowest BCUT2D eigenvalue weighted by atomic mass is 10.1. The van der Waals surface area contributed by atoms with Crippen molar-refractivity contribution >= 4 is 22.4 Å². The number of aromatic nitrogens is 1. The number of piperazine rings is 1. The van der Waals surface area contributed by atoms with E-state index < -0.39 is 0 Å². The standard InChI is InChI=1S/C12H20N4OS/c1-8-5-16(10(3)4-13-8)6-11(17)15-12-14-9(2)7-18-12/h7-8,10,13H,4-6H2,1-3H3,(H,14,15,17). The Morgan fingerprint density at radius 2 is 2.44 bits per heavy atom. The second kappa shape index (κ2) is 5.77. The molecule has 18 heavy (non-hydrogen) atoms. The predicted octanol–water partition coefficient (Wildman–Crippen LogP) is 1.07. The van der Waals surface area contributed by atoms with Crippen LogP contribution in [0.1, 0.15) is 19.5 Å². The molecule has 0 aliphatic carbocycles. The summed E-state index contributed by atoms with van der Waals surface area (Å²) in [4.78, 5) is 18.4. The zero-order valence-corrected chi connectivity index (χ0v) is 11.9. The van der Waals surface area contributed by atoms with E-state index in [1.54, 1.807) is 0 Å². The molecule has 2 N–H and O–H groups in total. The number of aryl methyl sites for hydroxylation is 1. The highest BCUT2D eigenvalue weighted by atomic mass is 32.1. The molecule has 1 amide bonds. The zero-order chi connectivity index (χ0) is 13.1. The third-order valence-electron chi connectivity index (χ3n) is 3.11. The van der Waals surface area contributed by atoms with Gasteiger partial charge in [0, 0.05) is 30.6 Å². The number of carbonyl (C=O) groups excluding carboxylic acids is 1. The molecule has 0 aromatic carbocycles. The molecule has 1 aromatic heterocycles. The first-order chi connectivity index (χ1) is 8.54. The summed E-state index contributed by atoms with van der Waals surface area (Å²) in [6.45, 7) is 8.48. The Labute approximate surface area is 112 Å².